The Morgan fingerprint density at radius 1 is 1.06 bits per heavy atom. The SMILES string of the molecule is CCCC1=C(C(=O)OC)C(c2ccc(OC)c(OCc3ccc(Cl)c(Cl)c3)c2)NC(=O)N1. The molecule has 2 aromatic carbocycles. The van der Waals surface area contributed by atoms with E-state index in [1.54, 1.807) is 30.3 Å². The van der Waals surface area contributed by atoms with E-state index in [0.29, 0.717) is 44.8 Å². The number of benzene rings is 2. The number of ether oxygens (including phenoxy) is 3. The van der Waals surface area contributed by atoms with Crippen molar-refractivity contribution in [2.75, 3.05) is 14.2 Å². The Labute approximate surface area is 196 Å². The molecule has 7 nitrogen and oxygen atoms in total. The topological polar surface area (TPSA) is 85.9 Å². The maximum atomic E-state index is 12.6. The number of methoxy groups -OCH3 is 2. The minimum atomic E-state index is -0.698. The summed E-state index contributed by atoms with van der Waals surface area (Å²) in [6.45, 7) is 2.18. The van der Waals surface area contributed by atoms with Gasteiger partial charge >= 0.3 is 12.0 Å². The average molecular weight is 479 g/mol. The van der Waals surface area contributed by atoms with Gasteiger partial charge in [-0.15, -0.1) is 0 Å². The zero-order valence-corrected chi connectivity index (χ0v) is 19.5. The number of urea groups is 1. The van der Waals surface area contributed by atoms with E-state index in [0.717, 1.165) is 12.0 Å². The van der Waals surface area contributed by atoms with Crippen molar-refractivity contribution < 1.29 is 23.8 Å². The predicted molar refractivity (Wildman–Crippen MR) is 122 cm³/mol. The first-order valence-corrected chi connectivity index (χ1v) is 10.8. The van der Waals surface area contributed by atoms with E-state index >= 15 is 0 Å². The number of hydrogen-bond acceptors (Lipinski definition) is 5. The summed E-state index contributed by atoms with van der Waals surface area (Å²) in [6.07, 6.45) is 1.29. The molecule has 0 bridgehead atoms. The van der Waals surface area contributed by atoms with Gasteiger partial charge in [-0.05, 0) is 41.8 Å². The van der Waals surface area contributed by atoms with Gasteiger partial charge < -0.3 is 24.8 Å². The van der Waals surface area contributed by atoms with E-state index in [2.05, 4.69) is 10.6 Å². The molecule has 1 aliphatic rings. The summed E-state index contributed by atoms with van der Waals surface area (Å²) in [6, 6.07) is 9.38. The van der Waals surface area contributed by atoms with E-state index in [9.17, 15) is 9.59 Å². The molecule has 2 amide bonds. The van der Waals surface area contributed by atoms with Gasteiger partial charge in [0.15, 0.2) is 11.5 Å². The molecule has 1 unspecified atom stereocenters. The highest BCUT2D eigenvalue weighted by Crippen LogP contribution is 2.36. The molecule has 0 spiro atoms. The van der Waals surface area contributed by atoms with Crippen molar-refractivity contribution in [1.82, 2.24) is 10.6 Å². The molecule has 9 heteroatoms. The summed E-state index contributed by atoms with van der Waals surface area (Å²) in [7, 11) is 2.85. The molecule has 0 saturated heterocycles. The first-order valence-electron chi connectivity index (χ1n) is 10.0. The van der Waals surface area contributed by atoms with Gasteiger partial charge in [-0.1, -0.05) is 48.7 Å². The van der Waals surface area contributed by atoms with E-state index in [1.165, 1.54) is 14.2 Å². The second-order valence-corrected chi connectivity index (χ2v) is 7.93. The summed E-state index contributed by atoms with van der Waals surface area (Å²) >= 11 is 12.1. The highest BCUT2D eigenvalue weighted by atomic mass is 35.5. The standard InChI is InChI=1S/C23H24Cl2N2O5/c1-4-5-17-20(22(28)31-3)21(27-23(29)26-17)14-7-9-18(30-2)19(11-14)32-12-13-6-8-15(24)16(25)10-13/h6-11,21H,4-5,12H2,1-3H3,(H2,26,27,29). The number of hydrogen-bond donors (Lipinski definition) is 2. The summed E-state index contributed by atoms with van der Waals surface area (Å²) in [4.78, 5) is 24.8. The normalized spacial score (nSPS) is 15.7. The zero-order valence-electron chi connectivity index (χ0n) is 18.0. The minimum absolute atomic E-state index is 0.218. The molecule has 32 heavy (non-hydrogen) atoms. The van der Waals surface area contributed by atoms with Crippen LogP contribution in [0.5, 0.6) is 11.5 Å². The van der Waals surface area contributed by atoms with Gasteiger partial charge in [0.2, 0.25) is 0 Å². The lowest BCUT2D eigenvalue weighted by atomic mass is 9.93. The van der Waals surface area contributed by atoms with Gasteiger partial charge in [-0.25, -0.2) is 9.59 Å². The van der Waals surface area contributed by atoms with Crippen molar-refractivity contribution >= 4 is 35.2 Å². The first-order chi connectivity index (χ1) is 15.4. The number of amides is 2. The maximum absolute atomic E-state index is 12.6. The van der Waals surface area contributed by atoms with E-state index in [1.807, 2.05) is 13.0 Å². The fraction of sp³-hybridized carbons (Fsp3) is 0.304. The summed E-state index contributed by atoms with van der Waals surface area (Å²) in [5.41, 5.74) is 2.37. The Hall–Kier alpha value is -2.90. The number of esters is 1. The molecular formula is C23H24Cl2N2O5. The third kappa shape index (κ3) is 5.29. The minimum Gasteiger partial charge on any atom is -0.493 e. The number of nitrogens with one attached hydrogen (secondary N) is 2. The van der Waals surface area contributed by atoms with Crippen molar-refractivity contribution in [3.05, 3.63) is 68.8 Å². The molecule has 0 fully saturated rings. The predicted octanol–water partition coefficient (Wildman–Crippen LogP) is 5.16. The van der Waals surface area contributed by atoms with Gasteiger partial charge in [0.25, 0.3) is 0 Å². The van der Waals surface area contributed by atoms with E-state index < -0.39 is 12.0 Å². The van der Waals surface area contributed by atoms with Crippen LogP contribution in [-0.2, 0) is 16.1 Å². The van der Waals surface area contributed by atoms with Gasteiger partial charge in [0.1, 0.15) is 6.61 Å². The summed E-state index contributed by atoms with van der Waals surface area (Å²) in [5.74, 6) is 0.441. The number of carbonyl (C=O) groups is 2. The third-order valence-corrected chi connectivity index (χ3v) is 5.70. The van der Waals surface area contributed by atoms with E-state index in [4.69, 9.17) is 37.4 Å². The van der Waals surface area contributed by atoms with Crippen LogP contribution in [0.1, 0.15) is 36.9 Å². The fourth-order valence-corrected chi connectivity index (χ4v) is 3.76. The van der Waals surface area contributed by atoms with Crippen LogP contribution in [0.2, 0.25) is 10.0 Å². The Morgan fingerprint density at radius 3 is 2.50 bits per heavy atom. The molecule has 3 rings (SSSR count). The van der Waals surface area contributed by atoms with Crippen LogP contribution in [0.25, 0.3) is 0 Å². The lowest BCUT2D eigenvalue weighted by Crippen LogP contribution is -2.45. The molecule has 170 valence electrons. The molecule has 0 aliphatic carbocycles. The van der Waals surface area contributed by atoms with Gasteiger partial charge in [0.05, 0.1) is 35.9 Å². The maximum Gasteiger partial charge on any atom is 0.337 e. The second kappa shape index (κ2) is 10.6. The van der Waals surface area contributed by atoms with Crippen molar-refractivity contribution in [2.45, 2.75) is 32.4 Å². The number of allylic oxidation sites excluding steroid dienone is 1. The van der Waals surface area contributed by atoms with Crippen molar-refractivity contribution in [2.24, 2.45) is 0 Å². The largest absolute Gasteiger partial charge is 0.493 e. The smallest absolute Gasteiger partial charge is 0.337 e. The van der Waals surface area contributed by atoms with Crippen LogP contribution in [0.15, 0.2) is 47.7 Å². The highest BCUT2D eigenvalue weighted by Gasteiger charge is 2.33. The van der Waals surface area contributed by atoms with Crippen molar-refractivity contribution in [3.8, 4) is 11.5 Å². The molecule has 1 atom stereocenters. The van der Waals surface area contributed by atoms with Crippen LogP contribution < -0.4 is 20.1 Å². The summed E-state index contributed by atoms with van der Waals surface area (Å²) < 4.78 is 16.4. The number of halogens is 2. The second-order valence-electron chi connectivity index (χ2n) is 7.11. The van der Waals surface area contributed by atoms with Gasteiger partial charge in [0, 0.05) is 5.70 Å². The molecule has 1 aliphatic heterocycles. The van der Waals surface area contributed by atoms with Crippen molar-refractivity contribution in [1.29, 1.82) is 0 Å². The molecular weight excluding hydrogens is 455 g/mol. The molecule has 1 heterocycles. The third-order valence-electron chi connectivity index (χ3n) is 4.96. The lowest BCUT2D eigenvalue weighted by Gasteiger charge is -2.29. The molecule has 2 N–H and O–H groups in total. The Bertz CT molecular complexity index is 1050. The highest BCUT2D eigenvalue weighted by molar-refractivity contribution is 6.42. The zero-order chi connectivity index (χ0) is 23.3. The molecule has 0 radical (unpaired) electrons. The molecule has 2 aromatic rings. The van der Waals surface area contributed by atoms with Crippen LogP contribution in [0, 0.1) is 0 Å². The average Bonchev–Trinajstić information content (AvgIpc) is 2.79. The van der Waals surface area contributed by atoms with Gasteiger partial charge in [-0.2, -0.15) is 0 Å². The Morgan fingerprint density at radius 2 is 1.84 bits per heavy atom. The lowest BCUT2D eigenvalue weighted by molar-refractivity contribution is -0.136. The Kier molecular flexibility index (Phi) is 7.88. The van der Waals surface area contributed by atoms with Crippen molar-refractivity contribution in [3.63, 3.8) is 0 Å². The number of rotatable bonds is 8. The molecule has 0 aromatic heterocycles. The fourth-order valence-electron chi connectivity index (χ4n) is 3.44. The monoisotopic (exact) mass is 478 g/mol. The van der Waals surface area contributed by atoms with Gasteiger partial charge in [-0.3, -0.25) is 0 Å². The van der Waals surface area contributed by atoms with Crippen LogP contribution in [0.3, 0.4) is 0 Å². The van der Waals surface area contributed by atoms with E-state index in [-0.39, 0.29) is 12.6 Å². The van der Waals surface area contributed by atoms with Crippen LogP contribution in [-0.4, -0.2) is 26.2 Å². The Balaban J connectivity index is 1.96. The quantitative estimate of drug-likeness (QED) is 0.511. The van der Waals surface area contributed by atoms with Crippen LogP contribution in [0.4, 0.5) is 4.79 Å². The summed E-state index contributed by atoms with van der Waals surface area (Å²) in [5, 5.41) is 6.42. The number of carbonyl (C=O) groups excluding carboxylic acids is 2. The molecule has 0 saturated carbocycles. The van der Waals surface area contributed by atoms with Crippen LogP contribution >= 0.6 is 23.2 Å². The first kappa shape index (κ1) is 23.8.